The Morgan fingerprint density at radius 3 is 2.94 bits per heavy atom. The fourth-order valence-corrected chi connectivity index (χ4v) is 1.46. The van der Waals surface area contributed by atoms with Crippen LogP contribution in [0.5, 0.6) is 5.75 Å². The van der Waals surface area contributed by atoms with E-state index < -0.39 is 0 Å². The van der Waals surface area contributed by atoms with Crippen LogP contribution in [0.3, 0.4) is 0 Å². The van der Waals surface area contributed by atoms with Gasteiger partial charge in [-0.1, -0.05) is 12.1 Å². The van der Waals surface area contributed by atoms with Crippen molar-refractivity contribution in [1.29, 1.82) is 5.26 Å². The topological polar surface area (TPSA) is 54.3 Å². The lowest BCUT2D eigenvalue weighted by Crippen LogP contribution is -2.20. The molecule has 1 aromatic carbocycles. The van der Waals surface area contributed by atoms with Crippen LogP contribution in [-0.2, 0) is 11.3 Å². The molecule has 98 valence electrons. The van der Waals surface area contributed by atoms with Crippen LogP contribution in [0.4, 0.5) is 0 Å². The predicted octanol–water partition coefficient (Wildman–Crippen LogP) is 2.10. The summed E-state index contributed by atoms with van der Waals surface area (Å²) in [7, 11) is 0. The minimum atomic E-state index is 0.0825. The smallest absolute Gasteiger partial charge is 0.174 e. The van der Waals surface area contributed by atoms with Gasteiger partial charge in [0.15, 0.2) is 6.61 Å². The van der Waals surface area contributed by atoms with Crippen LogP contribution in [-0.4, -0.2) is 25.9 Å². The average molecular weight is 248 g/mol. The van der Waals surface area contributed by atoms with E-state index in [0.717, 1.165) is 24.4 Å². The second kappa shape index (κ2) is 8.51. The molecule has 0 saturated carbocycles. The molecule has 4 heteroatoms. The SMILES string of the molecule is CC(C)OCCNCc1cccc(OCC#N)c1. The molecule has 0 amide bonds. The highest BCUT2D eigenvalue weighted by atomic mass is 16.5. The summed E-state index contributed by atoms with van der Waals surface area (Å²) in [4.78, 5) is 0. The average Bonchev–Trinajstić information content (AvgIpc) is 2.36. The molecule has 0 aliphatic heterocycles. The number of ether oxygens (including phenoxy) is 2. The number of hydrogen-bond acceptors (Lipinski definition) is 4. The van der Waals surface area contributed by atoms with Gasteiger partial charge in [-0.3, -0.25) is 0 Å². The molecule has 1 rings (SSSR count). The van der Waals surface area contributed by atoms with E-state index in [1.165, 1.54) is 0 Å². The summed E-state index contributed by atoms with van der Waals surface area (Å²) in [5.74, 6) is 0.731. The van der Waals surface area contributed by atoms with E-state index in [1.807, 2.05) is 44.2 Å². The molecule has 1 N–H and O–H groups in total. The van der Waals surface area contributed by atoms with Crippen molar-refractivity contribution in [2.24, 2.45) is 0 Å². The highest BCUT2D eigenvalue weighted by Crippen LogP contribution is 2.12. The molecule has 18 heavy (non-hydrogen) atoms. The molecule has 0 radical (unpaired) electrons. The Bertz CT molecular complexity index is 386. The van der Waals surface area contributed by atoms with Crippen LogP contribution in [0.1, 0.15) is 19.4 Å². The Morgan fingerprint density at radius 2 is 2.22 bits per heavy atom. The van der Waals surface area contributed by atoms with Crippen LogP contribution in [0, 0.1) is 11.3 Å². The standard InChI is InChI=1S/C14H20N2O2/c1-12(2)17-9-7-16-11-13-4-3-5-14(10-13)18-8-6-15/h3-5,10,12,16H,7-9,11H2,1-2H3. The number of hydrogen-bond donors (Lipinski definition) is 1. The number of nitrogens with one attached hydrogen (secondary N) is 1. The van der Waals surface area contributed by atoms with E-state index in [4.69, 9.17) is 14.7 Å². The summed E-state index contributed by atoms with van der Waals surface area (Å²) in [6.07, 6.45) is 0.273. The first kappa shape index (κ1) is 14.5. The molecule has 0 aromatic heterocycles. The summed E-state index contributed by atoms with van der Waals surface area (Å²) >= 11 is 0. The Balaban J connectivity index is 2.27. The Hall–Kier alpha value is -1.57. The second-order valence-electron chi connectivity index (χ2n) is 4.19. The molecule has 0 aliphatic rings. The molecule has 0 heterocycles. The molecular formula is C14H20N2O2. The maximum atomic E-state index is 8.44. The summed E-state index contributed by atoms with van der Waals surface area (Å²) < 4.78 is 10.7. The Morgan fingerprint density at radius 1 is 1.39 bits per heavy atom. The van der Waals surface area contributed by atoms with E-state index >= 15 is 0 Å². The number of nitriles is 1. The zero-order valence-corrected chi connectivity index (χ0v) is 11.0. The van der Waals surface area contributed by atoms with E-state index in [-0.39, 0.29) is 12.7 Å². The van der Waals surface area contributed by atoms with E-state index in [0.29, 0.717) is 6.61 Å². The second-order valence-corrected chi connectivity index (χ2v) is 4.19. The third kappa shape index (κ3) is 6.24. The van der Waals surface area contributed by atoms with Gasteiger partial charge in [0.2, 0.25) is 0 Å². The Kier molecular flexibility index (Phi) is 6.85. The van der Waals surface area contributed by atoms with Gasteiger partial charge in [0.25, 0.3) is 0 Å². The van der Waals surface area contributed by atoms with Crippen molar-refractivity contribution in [2.75, 3.05) is 19.8 Å². The van der Waals surface area contributed by atoms with Crippen LogP contribution in [0.2, 0.25) is 0 Å². The summed E-state index contributed by atoms with van der Waals surface area (Å²) in [5, 5.41) is 11.7. The molecular weight excluding hydrogens is 228 g/mol. The summed E-state index contributed by atoms with van der Waals surface area (Å²) in [6.45, 7) is 6.43. The van der Waals surface area contributed by atoms with Gasteiger partial charge in [0, 0.05) is 13.1 Å². The quantitative estimate of drug-likeness (QED) is 0.716. The largest absolute Gasteiger partial charge is 0.479 e. The Labute approximate surface area is 109 Å². The van der Waals surface area contributed by atoms with Crippen LogP contribution < -0.4 is 10.1 Å². The molecule has 1 aromatic rings. The van der Waals surface area contributed by atoms with Crippen molar-refractivity contribution in [2.45, 2.75) is 26.5 Å². The molecule has 4 nitrogen and oxygen atoms in total. The third-order valence-electron chi connectivity index (χ3n) is 2.26. The van der Waals surface area contributed by atoms with Gasteiger partial charge in [0.1, 0.15) is 11.8 Å². The number of nitrogens with zero attached hydrogens (tertiary/aromatic N) is 1. The van der Waals surface area contributed by atoms with Gasteiger partial charge in [-0.2, -0.15) is 5.26 Å². The lowest BCUT2D eigenvalue weighted by atomic mass is 10.2. The molecule has 0 unspecified atom stereocenters. The fraction of sp³-hybridized carbons (Fsp3) is 0.500. The zero-order valence-electron chi connectivity index (χ0n) is 11.0. The minimum Gasteiger partial charge on any atom is -0.479 e. The lowest BCUT2D eigenvalue weighted by Gasteiger charge is -2.09. The van der Waals surface area contributed by atoms with Crippen molar-refractivity contribution < 1.29 is 9.47 Å². The van der Waals surface area contributed by atoms with Gasteiger partial charge in [-0.05, 0) is 31.5 Å². The monoisotopic (exact) mass is 248 g/mol. The summed E-state index contributed by atoms with van der Waals surface area (Å²) in [6, 6.07) is 9.69. The third-order valence-corrected chi connectivity index (χ3v) is 2.26. The van der Waals surface area contributed by atoms with Crippen molar-refractivity contribution in [3.05, 3.63) is 29.8 Å². The van der Waals surface area contributed by atoms with Gasteiger partial charge in [-0.25, -0.2) is 0 Å². The van der Waals surface area contributed by atoms with Crippen molar-refractivity contribution in [3.8, 4) is 11.8 Å². The van der Waals surface area contributed by atoms with Gasteiger partial charge < -0.3 is 14.8 Å². The van der Waals surface area contributed by atoms with E-state index in [2.05, 4.69) is 5.32 Å². The first-order chi connectivity index (χ1) is 8.72. The highest BCUT2D eigenvalue weighted by molar-refractivity contribution is 5.28. The van der Waals surface area contributed by atoms with Gasteiger partial charge >= 0.3 is 0 Å². The van der Waals surface area contributed by atoms with E-state index in [1.54, 1.807) is 0 Å². The van der Waals surface area contributed by atoms with Gasteiger partial charge in [0.05, 0.1) is 12.7 Å². The first-order valence-electron chi connectivity index (χ1n) is 6.13. The van der Waals surface area contributed by atoms with Crippen LogP contribution in [0.25, 0.3) is 0 Å². The highest BCUT2D eigenvalue weighted by Gasteiger charge is 1.97. The van der Waals surface area contributed by atoms with Crippen LogP contribution >= 0.6 is 0 Å². The lowest BCUT2D eigenvalue weighted by molar-refractivity contribution is 0.0807. The molecule has 0 saturated heterocycles. The maximum Gasteiger partial charge on any atom is 0.174 e. The van der Waals surface area contributed by atoms with Gasteiger partial charge in [-0.15, -0.1) is 0 Å². The molecule has 0 atom stereocenters. The number of benzene rings is 1. The summed E-state index contributed by atoms with van der Waals surface area (Å²) in [5.41, 5.74) is 1.13. The predicted molar refractivity (Wildman–Crippen MR) is 70.3 cm³/mol. The van der Waals surface area contributed by atoms with E-state index in [9.17, 15) is 0 Å². The molecule has 0 fully saturated rings. The van der Waals surface area contributed by atoms with Crippen LogP contribution in [0.15, 0.2) is 24.3 Å². The molecule has 0 aliphatic carbocycles. The first-order valence-corrected chi connectivity index (χ1v) is 6.13. The zero-order chi connectivity index (χ0) is 13.2. The number of rotatable bonds is 8. The molecule has 0 bridgehead atoms. The normalized spacial score (nSPS) is 10.3. The minimum absolute atomic E-state index is 0.0825. The van der Waals surface area contributed by atoms with Crippen molar-refractivity contribution in [3.63, 3.8) is 0 Å². The van der Waals surface area contributed by atoms with Crippen molar-refractivity contribution in [1.82, 2.24) is 5.32 Å². The fourth-order valence-electron chi connectivity index (χ4n) is 1.46. The molecule has 0 spiro atoms. The maximum absolute atomic E-state index is 8.44. The van der Waals surface area contributed by atoms with Crippen molar-refractivity contribution >= 4 is 0 Å².